The molecule has 1 aromatic carbocycles. The van der Waals surface area contributed by atoms with Crippen molar-refractivity contribution in [2.45, 2.75) is 6.43 Å². The summed E-state index contributed by atoms with van der Waals surface area (Å²) in [4.78, 5) is 11.5. The van der Waals surface area contributed by atoms with Gasteiger partial charge in [-0.2, -0.15) is 0 Å². The van der Waals surface area contributed by atoms with Crippen molar-refractivity contribution < 1.29 is 8.78 Å². The maximum atomic E-state index is 12.4. The fourth-order valence-electron chi connectivity index (χ4n) is 1.34. The Labute approximate surface area is 97.8 Å². The van der Waals surface area contributed by atoms with Crippen molar-refractivity contribution in [1.29, 1.82) is 0 Å². The maximum absolute atomic E-state index is 12.4. The fraction of sp³-hybridized carbons (Fsp3) is 0.100. The molecule has 0 aliphatic heterocycles. The summed E-state index contributed by atoms with van der Waals surface area (Å²) in [6.07, 6.45) is -2.68. The van der Waals surface area contributed by atoms with Gasteiger partial charge in [0.1, 0.15) is 5.69 Å². The second-order valence-corrected chi connectivity index (χ2v) is 3.99. The highest BCUT2D eigenvalue weighted by atomic mass is 79.9. The number of H-pyrrole nitrogens is 1. The van der Waals surface area contributed by atoms with E-state index in [-0.39, 0.29) is 5.69 Å². The molecule has 0 aliphatic carbocycles. The molecule has 0 saturated heterocycles. The van der Waals surface area contributed by atoms with Crippen molar-refractivity contribution in [1.82, 2.24) is 9.78 Å². The Bertz CT molecular complexity index is 562. The lowest BCUT2D eigenvalue weighted by atomic mass is 10.3. The number of hydrogen-bond donors (Lipinski definition) is 1. The normalized spacial score (nSPS) is 11.0. The van der Waals surface area contributed by atoms with E-state index in [9.17, 15) is 13.6 Å². The maximum Gasteiger partial charge on any atom is 0.279 e. The Morgan fingerprint density at radius 2 is 2.00 bits per heavy atom. The van der Waals surface area contributed by atoms with Gasteiger partial charge in [0.05, 0.1) is 5.69 Å². The van der Waals surface area contributed by atoms with Gasteiger partial charge in [0.15, 0.2) is 0 Å². The van der Waals surface area contributed by atoms with E-state index in [0.717, 1.165) is 10.7 Å². The standard InChI is InChI=1S/C10H7BrF2N2O/c11-6-3-1-2-4-8(6)15-9(16)5-7(14-15)10(12)13/h1-5,10,14H. The zero-order valence-corrected chi connectivity index (χ0v) is 9.54. The molecule has 0 spiro atoms. The Hall–Kier alpha value is -1.43. The second kappa shape index (κ2) is 4.21. The van der Waals surface area contributed by atoms with Gasteiger partial charge in [-0.25, -0.2) is 13.5 Å². The quantitative estimate of drug-likeness (QED) is 0.907. The first-order valence-electron chi connectivity index (χ1n) is 4.44. The number of nitrogens with one attached hydrogen (secondary N) is 1. The van der Waals surface area contributed by atoms with Gasteiger partial charge in [0.25, 0.3) is 12.0 Å². The first-order chi connectivity index (χ1) is 7.59. The molecule has 1 heterocycles. The number of hydrogen-bond acceptors (Lipinski definition) is 1. The highest BCUT2D eigenvalue weighted by Crippen LogP contribution is 2.20. The summed E-state index contributed by atoms with van der Waals surface area (Å²) in [5.74, 6) is 0. The molecule has 2 aromatic rings. The smallest absolute Gasteiger partial charge is 0.279 e. The van der Waals surface area contributed by atoms with E-state index in [2.05, 4.69) is 21.0 Å². The Kier molecular flexibility index (Phi) is 2.91. The van der Waals surface area contributed by atoms with E-state index in [4.69, 9.17) is 0 Å². The van der Waals surface area contributed by atoms with Crippen LogP contribution in [-0.4, -0.2) is 9.78 Å². The summed E-state index contributed by atoms with van der Waals surface area (Å²) in [5.41, 5.74) is -0.401. The molecule has 0 unspecified atom stereocenters. The first-order valence-corrected chi connectivity index (χ1v) is 5.24. The summed E-state index contributed by atoms with van der Waals surface area (Å²) in [5, 5.41) is 2.36. The Morgan fingerprint density at radius 3 is 2.56 bits per heavy atom. The number of para-hydroxylation sites is 1. The molecule has 3 nitrogen and oxygen atoms in total. The predicted molar refractivity (Wildman–Crippen MR) is 59.0 cm³/mol. The van der Waals surface area contributed by atoms with Gasteiger partial charge in [-0.15, -0.1) is 0 Å². The summed E-state index contributed by atoms with van der Waals surface area (Å²) in [6, 6.07) is 7.76. The zero-order valence-electron chi connectivity index (χ0n) is 7.95. The minimum atomic E-state index is -2.68. The van der Waals surface area contributed by atoms with Gasteiger partial charge >= 0.3 is 0 Å². The van der Waals surface area contributed by atoms with Crippen LogP contribution < -0.4 is 5.56 Å². The average molecular weight is 289 g/mol. The van der Waals surface area contributed by atoms with Crippen LogP contribution in [0.4, 0.5) is 8.78 Å². The molecule has 2 rings (SSSR count). The molecule has 1 aromatic heterocycles. The number of halogens is 3. The molecule has 16 heavy (non-hydrogen) atoms. The van der Waals surface area contributed by atoms with Crippen molar-refractivity contribution in [2.75, 3.05) is 0 Å². The number of alkyl halides is 2. The monoisotopic (exact) mass is 288 g/mol. The fourth-order valence-corrected chi connectivity index (χ4v) is 1.80. The third-order valence-electron chi connectivity index (χ3n) is 2.07. The van der Waals surface area contributed by atoms with Crippen molar-refractivity contribution in [2.24, 2.45) is 0 Å². The molecule has 0 bridgehead atoms. The van der Waals surface area contributed by atoms with Crippen LogP contribution in [0.3, 0.4) is 0 Å². The van der Waals surface area contributed by atoms with Crippen LogP contribution in [0, 0.1) is 0 Å². The average Bonchev–Trinajstić information content (AvgIpc) is 2.61. The van der Waals surface area contributed by atoms with E-state index in [0.29, 0.717) is 10.2 Å². The third kappa shape index (κ3) is 1.92. The van der Waals surface area contributed by atoms with Crippen molar-refractivity contribution in [3.63, 3.8) is 0 Å². The molecule has 6 heteroatoms. The van der Waals surface area contributed by atoms with E-state index < -0.39 is 12.0 Å². The molecular formula is C10H7BrF2N2O. The van der Waals surface area contributed by atoms with Gasteiger partial charge < -0.3 is 0 Å². The molecule has 0 saturated carbocycles. The van der Waals surface area contributed by atoms with Crippen LogP contribution in [0.5, 0.6) is 0 Å². The minimum absolute atomic E-state index is 0.388. The van der Waals surface area contributed by atoms with E-state index in [1.54, 1.807) is 24.3 Å². The molecular weight excluding hydrogens is 282 g/mol. The highest BCUT2D eigenvalue weighted by Gasteiger charge is 2.13. The van der Waals surface area contributed by atoms with Crippen LogP contribution in [0.15, 0.2) is 39.6 Å². The van der Waals surface area contributed by atoms with Crippen LogP contribution in [0.2, 0.25) is 0 Å². The number of rotatable bonds is 2. The van der Waals surface area contributed by atoms with E-state index in [1.165, 1.54) is 0 Å². The number of nitrogens with zero attached hydrogens (tertiary/aromatic N) is 1. The van der Waals surface area contributed by atoms with Gasteiger partial charge in [0, 0.05) is 10.5 Å². The summed E-state index contributed by atoms with van der Waals surface area (Å²) >= 11 is 3.25. The second-order valence-electron chi connectivity index (χ2n) is 3.14. The summed E-state index contributed by atoms with van der Waals surface area (Å²) in [7, 11) is 0. The Morgan fingerprint density at radius 1 is 1.31 bits per heavy atom. The summed E-state index contributed by atoms with van der Waals surface area (Å²) < 4.78 is 26.5. The molecule has 0 fully saturated rings. The minimum Gasteiger partial charge on any atom is -0.289 e. The van der Waals surface area contributed by atoms with E-state index in [1.807, 2.05) is 0 Å². The van der Waals surface area contributed by atoms with Crippen molar-refractivity contribution in [3.05, 3.63) is 50.9 Å². The molecule has 1 N–H and O–H groups in total. The molecule has 0 atom stereocenters. The molecule has 0 amide bonds. The van der Waals surface area contributed by atoms with Gasteiger partial charge in [-0.05, 0) is 28.1 Å². The molecule has 0 aliphatic rings. The third-order valence-corrected chi connectivity index (χ3v) is 2.74. The van der Waals surface area contributed by atoms with Crippen LogP contribution >= 0.6 is 15.9 Å². The van der Waals surface area contributed by atoms with E-state index >= 15 is 0 Å². The predicted octanol–water partition coefficient (Wildman–Crippen LogP) is 2.87. The zero-order chi connectivity index (χ0) is 11.7. The van der Waals surface area contributed by atoms with Gasteiger partial charge in [0.2, 0.25) is 0 Å². The highest BCUT2D eigenvalue weighted by molar-refractivity contribution is 9.10. The molecule has 84 valence electrons. The van der Waals surface area contributed by atoms with Crippen molar-refractivity contribution in [3.8, 4) is 5.69 Å². The number of aromatic nitrogens is 2. The Balaban J connectivity index is 2.57. The topological polar surface area (TPSA) is 37.8 Å². The first kappa shape index (κ1) is 11.1. The van der Waals surface area contributed by atoms with Gasteiger partial charge in [-0.1, -0.05) is 12.1 Å². The van der Waals surface area contributed by atoms with Crippen LogP contribution in [-0.2, 0) is 0 Å². The molecule has 0 radical (unpaired) electrons. The van der Waals surface area contributed by atoms with Gasteiger partial charge in [-0.3, -0.25) is 9.89 Å². The largest absolute Gasteiger partial charge is 0.289 e. The summed E-state index contributed by atoms with van der Waals surface area (Å²) in [6.45, 7) is 0. The lowest BCUT2D eigenvalue weighted by molar-refractivity contribution is 0.145. The lowest BCUT2D eigenvalue weighted by Gasteiger charge is -2.04. The SMILES string of the molecule is O=c1cc(C(F)F)[nH]n1-c1ccccc1Br. The van der Waals surface area contributed by atoms with Crippen molar-refractivity contribution >= 4 is 15.9 Å². The number of aromatic amines is 1. The number of benzene rings is 1. The van der Waals surface area contributed by atoms with Crippen LogP contribution in [0.1, 0.15) is 12.1 Å². The van der Waals surface area contributed by atoms with Crippen LogP contribution in [0.25, 0.3) is 5.69 Å². The lowest BCUT2D eigenvalue weighted by Crippen LogP contribution is -2.13.